The highest BCUT2D eigenvalue weighted by Crippen LogP contribution is 2.26. The van der Waals surface area contributed by atoms with E-state index < -0.39 is 0 Å². The van der Waals surface area contributed by atoms with Crippen LogP contribution in [0.25, 0.3) is 11.3 Å². The second kappa shape index (κ2) is 3.78. The van der Waals surface area contributed by atoms with Gasteiger partial charge in [-0.2, -0.15) is 0 Å². The fourth-order valence-electron chi connectivity index (χ4n) is 1.03. The van der Waals surface area contributed by atoms with Crippen molar-refractivity contribution in [1.82, 2.24) is 4.98 Å². The molecule has 1 nitrogen and oxygen atoms in total. The van der Waals surface area contributed by atoms with Gasteiger partial charge in [-0.15, -0.1) is 11.3 Å². The van der Waals surface area contributed by atoms with Crippen molar-refractivity contribution >= 4 is 38.9 Å². The van der Waals surface area contributed by atoms with E-state index in [-0.39, 0.29) is 0 Å². The quantitative estimate of drug-likeness (QED) is 0.758. The predicted molar refractivity (Wildman–Crippen MR) is 60.3 cm³/mol. The van der Waals surface area contributed by atoms with E-state index in [1.54, 1.807) is 0 Å². The first kappa shape index (κ1) is 9.19. The zero-order chi connectivity index (χ0) is 9.26. The minimum Gasteiger partial charge on any atom is -0.225 e. The van der Waals surface area contributed by atoms with Gasteiger partial charge < -0.3 is 0 Å². The molecule has 2 aromatic rings. The Morgan fingerprint density at radius 3 is 2.85 bits per heavy atom. The molecule has 1 aromatic heterocycles. The summed E-state index contributed by atoms with van der Waals surface area (Å²) in [6, 6.07) is 7.99. The summed E-state index contributed by atoms with van der Waals surface area (Å²) in [5, 5.41) is 1.95. The molecule has 0 amide bonds. The number of hydrogen-bond donors (Lipinski definition) is 0. The van der Waals surface area contributed by atoms with Crippen LogP contribution in [0.2, 0.25) is 4.47 Å². The van der Waals surface area contributed by atoms with Gasteiger partial charge in [0.1, 0.15) is 0 Å². The van der Waals surface area contributed by atoms with Gasteiger partial charge in [0.05, 0.1) is 5.69 Å². The summed E-state index contributed by atoms with van der Waals surface area (Å²) in [6.45, 7) is 0. The van der Waals surface area contributed by atoms with E-state index in [2.05, 4.69) is 20.9 Å². The Kier molecular flexibility index (Phi) is 2.67. The van der Waals surface area contributed by atoms with Crippen molar-refractivity contribution in [3.63, 3.8) is 0 Å². The molecular formula is C9H5BrClNS. The van der Waals surface area contributed by atoms with E-state index in [1.165, 1.54) is 11.3 Å². The highest BCUT2D eigenvalue weighted by Gasteiger charge is 2.02. The molecule has 0 aliphatic rings. The van der Waals surface area contributed by atoms with Gasteiger partial charge >= 0.3 is 0 Å². The number of aromatic nitrogens is 1. The highest BCUT2D eigenvalue weighted by atomic mass is 79.9. The van der Waals surface area contributed by atoms with Crippen LogP contribution in [-0.4, -0.2) is 4.98 Å². The fraction of sp³-hybridized carbons (Fsp3) is 0. The molecule has 0 saturated heterocycles. The average Bonchev–Trinajstić information content (AvgIpc) is 2.52. The van der Waals surface area contributed by atoms with Gasteiger partial charge in [0, 0.05) is 15.4 Å². The van der Waals surface area contributed by atoms with Crippen LogP contribution in [0.3, 0.4) is 0 Å². The molecule has 0 radical (unpaired) electrons. The molecule has 0 spiro atoms. The molecule has 0 unspecified atom stereocenters. The Morgan fingerprint density at radius 2 is 2.23 bits per heavy atom. The molecule has 0 aliphatic carbocycles. The van der Waals surface area contributed by atoms with Crippen molar-refractivity contribution in [2.75, 3.05) is 0 Å². The molecule has 0 aliphatic heterocycles. The Labute approximate surface area is 93.5 Å². The summed E-state index contributed by atoms with van der Waals surface area (Å²) in [6.07, 6.45) is 0. The molecule has 0 bridgehead atoms. The number of nitrogens with zero attached hydrogens (tertiary/aromatic N) is 1. The van der Waals surface area contributed by atoms with E-state index in [4.69, 9.17) is 11.6 Å². The SMILES string of the molecule is Clc1nc(-c2cccc(Br)c2)cs1. The maximum Gasteiger partial charge on any atom is 0.184 e. The molecule has 1 aromatic carbocycles. The van der Waals surface area contributed by atoms with Crippen LogP contribution in [0.1, 0.15) is 0 Å². The topological polar surface area (TPSA) is 12.9 Å². The Hall–Kier alpha value is -0.380. The number of benzene rings is 1. The third-order valence-corrected chi connectivity index (χ3v) is 3.07. The van der Waals surface area contributed by atoms with Crippen molar-refractivity contribution < 1.29 is 0 Å². The van der Waals surface area contributed by atoms with Crippen LogP contribution in [-0.2, 0) is 0 Å². The summed E-state index contributed by atoms with van der Waals surface area (Å²) >= 11 is 10.6. The van der Waals surface area contributed by atoms with Crippen molar-refractivity contribution in [2.45, 2.75) is 0 Å². The van der Waals surface area contributed by atoms with Gasteiger partial charge in [-0.25, -0.2) is 4.98 Å². The number of hydrogen-bond acceptors (Lipinski definition) is 2. The van der Waals surface area contributed by atoms with Crippen molar-refractivity contribution in [2.24, 2.45) is 0 Å². The van der Waals surface area contributed by atoms with Crippen LogP contribution in [0, 0.1) is 0 Å². The summed E-state index contributed by atoms with van der Waals surface area (Å²) in [7, 11) is 0. The van der Waals surface area contributed by atoms with E-state index >= 15 is 0 Å². The molecule has 0 saturated carbocycles. The van der Waals surface area contributed by atoms with E-state index in [0.717, 1.165) is 15.7 Å². The van der Waals surface area contributed by atoms with Gasteiger partial charge in [-0.3, -0.25) is 0 Å². The van der Waals surface area contributed by atoms with Gasteiger partial charge in [-0.1, -0.05) is 39.7 Å². The first-order valence-corrected chi connectivity index (χ1v) is 5.68. The highest BCUT2D eigenvalue weighted by molar-refractivity contribution is 9.10. The summed E-state index contributed by atoms with van der Waals surface area (Å²) in [4.78, 5) is 4.19. The first-order chi connectivity index (χ1) is 6.25. The minimum absolute atomic E-state index is 0.579. The monoisotopic (exact) mass is 273 g/mol. The van der Waals surface area contributed by atoms with Crippen LogP contribution in [0.4, 0.5) is 0 Å². The number of halogens is 2. The van der Waals surface area contributed by atoms with E-state index in [1.807, 2.05) is 29.6 Å². The third-order valence-electron chi connectivity index (χ3n) is 1.60. The van der Waals surface area contributed by atoms with Crippen molar-refractivity contribution in [3.8, 4) is 11.3 Å². The second-order valence-electron chi connectivity index (χ2n) is 2.50. The zero-order valence-electron chi connectivity index (χ0n) is 6.50. The molecule has 2 rings (SSSR count). The van der Waals surface area contributed by atoms with Crippen LogP contribution < -0.4 is 0 Å². The zero-order valence-corrected chi connectivity index (χ0v) is 9.66. The Balaban J connectivity index is 2.46. The lowest BCUT2D eigenvalue weighted by Crippen LogP contribution is -1.76. The van der Waals surface area contributed by atoms with Crippen molar-refractivity contribution in [1.29, 1.82) is 0 Å². The fourth-order valence-corrected chi connectivity index (χ4v) is 2.20. The molecule has 0 N–H and O–H groups in total. The van der Waals surface area contributed by atoms with Crippen LogP contribution in [0.5, 0.6) is 0 Å². The lowest BCUT2D eigenvalue weighted by molar-refractivity contribution is 1.41. The Morgan fingerprint density at radius 1 is 1.38 bits per heavy atom. The van der Waals surface area contributed by atoms with Gasteiger partial charge in [-0.05, 0) is 12.1 Å². The minimum atomic E-state index is 0.579. The van der Waals surface area contributed by atoms with Crippen LogP contribution in [0.15, 0.2) is 34.1 Å². The molecule has 4 heteroatoms. The van der Waals surface area contributed by atoms with E-state index in [9.17, 15) is 0 Å². The average molecular weight is 275 g/mol. The van der Waals surface area contributed by atoms with Crippen LogP contribution >= 0.6 is 38.9 Å². The Bertz CT molecular complexity index is 427. The lowest BCUT2D eigenvalue weighted by atomic mass is 10.2. The maximum absolute atomic E-state index is 5.75. The summed E-state index contributed by atoms with van der Waals surface area (Å²) in [5.41, 5.74) is 2.01. The van der Waals surface area contributed by atoms with Gasteiger partial charge in [0.25, 0.3) is 0 Å². The molecule has 66 valence electrons. The van der Waals surface area contributed by atoms with Crippen molar-refractivity contribution in [3.05, 3.63) is 38.6 Å². The maximum atomic E-state index is 5.75. The molecule has 0 fully saturated rings. The summed E-state index contributed by atoms with van der Waals surface area (Å²) in [5.74, 6) is 0. The molecular weight excluding hydrogens is 270 g/mol. The first-order valence-electron chi connectivity index (χ1n) is 3.63. The normalized spacial score (nSPS) is 10.3. The predicted octanol–water partition coefficient (Wildman–Crippen LogP) is 4.23. The molecule has 13 heavy (non-hydrogen) atoms. The number of thiazole rings is 1. The number of rotatable bonds is 1. The molecule has 0 atom stereocenters. The largest absolute Gasteiger partial charge is 0.225 e. The third kappa shape index (κ3) is 2.10. The second-order valence-corrected chi connectivity index (χ2v) is 4.85. The smallest absolute Gasteiger partial charge is 0.184 e. The van der Waals surface area contributed by atoms with Gasteiger partial charge in [0.2, 0.25) is 0 Å². The molecule has 1 heterocycles. The van der Waals surface area contributed by atoms with Gasteiger partial charge in [0.15, 0.2) is 4.47 Å². The standard InChI is InChI=1S/C9H5BrClNS/c10-7-3-1-2-6(4-7)8-5-13-9(11)12-8/h1-5H. The van der Waals surface area contributed by atoms with E-state index in [0.29, 0.717) is 4.47 Å². The summed E-state index contributed by atoms with van der Waals surface area (Å²) < 4.78 is 1.63. The lowest BCUT2D eigenvalue weighted by Gasteiger charge is -1.95.